The van der Waals surface area contributed by atoms with E-state index in [4.69, 9.17) is 4.74 Å². The molecule has 1 spiro atoms. The average Bonchev–Trinajstić information content (AvgIpc) is 3.54. The van der Waals surface area contributed by atoms with Crippen LogP contribution in [-0.4, -0.2) is 57.1 Å². The summed E-state index contributed by atoms with van der Waals surface area (Å²) in [6, 6.07) is 8.12. The lowest BCUT2D eigenvalue weighted by molar-refractivity contribution is -0.120. The first-order valence-corrected chi connectivity index (χ1v) is 10.9. The van der Waals surface area contributed by atoms with Gasteiger partial charge in [-0.1, -0.05) is 18.2 Å². The largest absolute Gasteiger partial charge is 0.370 e. The molecule has 3 N–H and O–H groups in total. The molecule has 5 heterocycles. The van der Waals surface area contributed by atoms with Gasteiger partial charge in [-0.25, -0.2) is 4.98 Å². The van der Waals surface area contributed by atoms with Crippen molar-refractivity contribution in [1.82, 2.24) is 25.2 Å². The summed E-state index contributed by atoms with van der Waals surface area (Å²) >= 11 is 0. The monoisotopic (exact) mass is 405 g/mol. The second kappa shape index (κ2) is 6.96. The number of nitrogens with zero attached hydrogens (tertiary/aromatic N) is 2. The average molecular weight is 406 g/mol. The number of aromatic nitrogens is 3. The molecule has 2 aromatic heterocycles. The Labute approximate surface area is 175 Å². The topological polar surface area (TPSA) is 86.0 Å². The van der Waals surface area contributed by atoms with Crippen LogP contribution in [0.2, 0.25) is 0 Å². The van der Waals surface area contributed by atoms with Gasteiger partial charge in [0.1, 0.15) is 0 Å². The number of hydrogen-bond acceptors (Lipinski definition) is 4. The molecule has 3 saturated heterocycles. The van der Waals surface area contributed by atoms with Gasteiger partial charge in [-0.3, -0.25) is 9.69 Å². The van der Waals surface area contributed by atoms with E-state index in [9.17, 15) is 4.79 Å². The quantitative estimate of drug-likeness (QED) is 0.587. The van der Waals surface area contributed by atoms with Crippen molar-refractivity contribution in [2.45, 2.75) is 37.5 Å². The smallest absolute Gasteiger partial charge is 0.224 e. The lowest BCUT2D eigenvalue weighted by atomic mass is 9.73. The van der Waals surface area contributed by atoms with E-state index in [0.29, 0.717) is 24.8 Å². The zero-order chi connectivity index (χ0) is 20.1. The number of likely N-dealkylation sites (tertiary alicyclic amines) is 1. The van der Waals surface area contributed by atoms with Crippen LogP contribution in [0.1, 0.15) is 24.1 Å². The van der Waals surface area contributed by atoms with E-state index in [1.54, 1.807) is 6.33 Å². The number of nitrogens with one attached hydrogen (secondary N) is 3. The molecule has 4 atom stereocenters. The third-order valence-corrected chi connectivity index (χ3v) is 7.36. The van der Waals surface area contributed by atoms with Crippen molar-refractivity contribution in [2.24, 2.45) is 11.8 Å². The molecule has 3 fully saturated rings. The highest BCUT2D eigenvalue weighted by atomic mass is 16.5. The van der Waals surface area contributed by atoms with E-state index in [-0.39, 0.29) is 17.6 Å². The number of rotatable bonds is 6. The zero-order valence-corrected chi connectivity index (χ0v) is 16.9. The van der Waals surface area contributed by atoms with Gasteiger partial charge in [0.25, 0.3) is 0 Å². The highest BCUT2D eigenvalue weighted by Gasteiger charge is 2.62. The molecular weight excluding hydrogens is 378 g/mol. The molecule has 1 aromatic carbocycles. The molecule has 2 bridgehead atoms. The molecule has 0 unspecified atom stereocenters. The highest BCUT2D eigenvalue weighted by Crippen LogP contribution is 2.54. The van der Waals surface area contributed by atoms with Gasteiger partial charge in [0.05, 0.1) is 24.5 Å². The molecule has 30 heavy (non-hydrogen) atoms. The van der Waals surface area contributed by atoms with Gasteiger partial charge in [-0.05, 0) is 24.5 Å². The molecule has 7 nitrogen and oxygen atoms in total. The molecule has 6 rings (SSSR count). The summed E-state index contributed by atoms with van der Waals surface area (Å²) in [5.41, 5.74) is 3.25. The number of para-hydroxylation sites is 1. The van der Waals surface area contributed by atoms with E-state index in [0.717, 1.165) is 54.6 Å². The number of carbonyl (C=O) groups is 1. The first-order valence-electron chi connectivity index (χ1n) is 10.9. The first kappa shape index (κ1) is 18.2. The summed E-state index contributed by atoms with van der Waals surface area (Å²) in [7, 11) is 0. The number of H-pyrrole nitrogens is 2. The van der Waals surface area contributed by atoms with Gasteiger partial charge in [0.2, 0.25) is 5.91 Å². The highest BCUT2D eigenvalue weighted by molar-refractivity contribution is 5.88. The molecule has 0 radical (unpaired) electrons. The minimum absolute atomic E-state index is 0.0169. The van der Waals surface area contributed by atoms with Gasteiger partial charge < -0.3 is 20.0 Å². The molecule has 156 valence electrons. The molecule has 7 heteroatoms. The van der Waals surface area contributed by atoms with E-state index in [2.05, 4.69) is 31.2 Å². The number of imidazole rings is 1. The Morgan fingerprint density at radius 1 is 1.33 bits per heavy atom. The molecule has 0 aliphatic carbocycles. The van der Waals surface area contributed by atoms with Crippen molar-refractivity contribution in [3.63, 3.8) is 0 Å². The fourth-order valence-electron chi connectivity index (χ4n) is 6.04. The third-order valence-electron chi connectivity index (χ3n) is 7.36. The molecule has 3 aliphatic rings. The second-order valence-electron chi connectivity index (χ2n) is 9.12. The number of carbonyl (C=O) groups excluding carboxylic acids is 1. The number of ether oxygens (including phenoxy) is 1. The van der Waals surface area contributed by atoms with E-state index in [1.165, 1.54) is 0 Å². The van der Waals surface area contributed by atoms with Gasteiger partial charge in [0, 0.05) is 67.0 Å². The van der Waals surface area contributed by atoms with Crippen LogP contribution >= 0.6 is 0 Å². The van der Waals surface area contributed by atoms with Crippen LogP contribution in [0.4, 0.5) is 0 Å². The van der Waals surface area contributed by atoms with Crippen molar-refractivity contribution >= 4 is 16.8 Å². The standard InChI is InChI=1S/C23H27N5O2/c29-22(7-15-8-25-20-4-2-1-3-17(15)20)26-10-18-19-12-28(11-16-9-24-14-27-16)13-23(19)6-5-21(18)30-23/h1-4,8-9,14,18-19,21,25H,5-7,10-13H2,(H,24,27)(H,26,29)/t18-,19+,21+,23+/m0/s1. The minimum atomic E-state index is -0.0169. The normalized spacial score (nSPS) is 30.2. The van der Waals surface area contributed by atoms with Crippen molar-refractivity contribution in [3.8, 4) is 0 Å². The molecular formula is C23H27N5O2. The van der Waals surface area contributed by atoms with E-state index >= 15 is 0 Å². The van der Waals surface area contributed by atoms with E-state index in [1.807, 2.05) is 30.6 Å². The van der Waals surface area contributed by atoms with Crippen LogP contribution in [0.3, 0.4) is 0 Å². The van der Waals surface area contributed by atoms with Crippen LogP contribution in [0.15, 0.2) is 43.0 Å². The van der Waals surface area contributed by atoms with Crippen LogP contribution in [-0.2, 0) is 22.5 Å². The maximum absolute atomic E-state index is 12.7. The molecule has 3 aromatic rings. The number of fused-ring (bicyclic) bond motifs is 2. The predicted octanol–water partition coefficient (Wildman–Crippen LogP) is 2.23. The fraction of sp³-hybridized carbons (Fsp3) is 0.478. The summed E-state index contributed by atoms with van der Waals surface area (Å²) in [6.07, 6.45) is 8.52. The lowest BCUT2D eigenvalue weighted by Gasteiger charge is -2.29. The Morgan fingerprint density at radius 2 is 2.27 bits per heavy atom. The van der Waals surface area contributed by atoms with Crippen molar-refractivity contribution in [2.75, 3.05) is 19.6 Å². The van der Waals surface area contributed by atoms with Crippen molar-refractivity contribution in [3.05, 3.63) is 54.2 Å². The second-order valence-corrected chi connectivity index (χ2v) is 9.12. The van der Waals surface area contributed by atoms with Crippen LogP contribution in [0, 0.1) is 11.8 Å². The van der Waals surface area contributed by atoms with Crippen molar-refractivity contribution < 1.29 is 9.53 Å². The summed E-state index contributed by atoms with van der Waals surface area (Å²) < 4.78 is 6.52. The maximum atomic E-state index is 12.7. The Kier molecular flexibility index (Phi) is 4.21. The number of benzene rings is 1. The van der Waals surface area contributed by atoms with Crippen LogP contribution in [0.25, 0.3) is 10.9 Å². The Hall–Kier alpha value is -2.64. The Balaban J connectivity index is 1.10. The van der Waals surface area contributed by atoms with Gasteiger partial charge in [0.15, 0.2) is 0 Å². The maximum Gasteiger partial charge on any atom is 0.224 e. The molecule has 0 saturated carbocycles. The Bertz CT molecular complexity index is 1060. The molecule has 1 amide bonds. The fourth-order valence-corrected chi connectivity index (χ4v) is 6.04. The number of amides is 1. The summed E-state index contributed by atoms with van der Waals surface area (Å²) in [5, 5.41) is 4.34. The lowest BCUT2D eigenvalue weighted by Crippen LogP contribution is -2.42. The third kappa shape index (κ3) is 2.96. The van der Waals surface area contributed by atoms with Gasteiger partial charge in [-0.2, -0.15) is 0 Å². The summed E-state index contributed by atoms with van der Waals surface area (Å²) in [6.45, 7) is 3.59. The first-order chi connectivity index (χ1) is 14.7. The van der Waals surface area contributed by atoms with Crippen LogP contribution < -0.4 is 5.32 Å². The SMILES string of the molecule is O=C(Cc1c[nH]c2ccccc12)NC[C@H]1[C@H]2CN(Cc3cnc[nH]3)C[C@]23CC[C@H]1O3. The zero-order valence-electron chi connectivity index (χ0n) is 16.9. The summed E-state index contributed by atoms with van der Waals surface area (Å²) in [5.74, 6) is 0.980. The molecule has 3 aliphatic heterocycles. The van der Waals surface area contributed by atoms with Gasteiger partial charge in [-0.15, -0.1) is 0 Å². The van der Waals surface area contributed by atoms with E-state index < -0.39 is 0 Å². The van der Waals surface area contributed by atoms with Crippen LogP contribution in [0.5, 0.6) is 0 Å². The minimum Gasteiger partial charge on any atom is -0.370 e. The van der Waals surface area contributed by atoms with Crippen molar-refractivity contribution in [1.29, 1.82) is 0 Å². The summed E-state index contributed by atoms with van der Waals surface area (Å²) in [4.78, 5) is 25.8. The predicted molar refractivity (Wildman–Crippen MR) is 113 cm³/mol. The van der Waals surface area contributed by atoms with Gasteiger partial charge >= 0.3 is 0 Å². The number of hydrogen-bond donors (Lipinski definition) is 3. The Morgan fingerprint density at radius 3 is 3.17 bits per heavy atom. The number of aromatic amines is 2.